The van der Waals surface area contributed by atoms with Crippen LogP contribution in [0, 0.1) is 5.41 Å². The highest BCUT2D eigenvalue weighted by molar-refractivity contribution is 5.88. The van der Waals surface area contributed by atoms with E-state index in [2.05, 4.69) is 0 Å². The second kappa shape index (κ2) is 3.63. The number of carboxylic acid groups (broad SMARTS) is 1. The van der Waals surface area contributed by atoms with Gasteiger partial charge in [-0.25, -0.2) is 4.79 Å². The van der Waals surface area contributed by atoms with Gasteiger partial charge in [0.05, 0.1) is 24.2 Å². The summed E-state index contributed by atoms with van der Waals surface area (Å²) in [5.74, 6) is 0.120. The number of rotatable bonds is 1. The highest BCUT2D eigenvalue weighted by atomic mass is 16.6. The molecule has 2 aliphatic rings. The fourth-order valence-corrected chi connectivity index (χ4v) is 1.93. The molecule has 0 amide bonds. The van der Waals surface area contributed by atoms with Crippen molar-refractivity contribution in [3.8, 4) is 11.5 Å². The molecule has 2 aliphatic heterocycles. The molecule has 0 aliphatic carbocycles. The third kappa shape index (κ3) is 1.72. The number of carbonyl (C=O) groups is 1. The number of hydrogen-bond acceptors (Lipinski definition) is 4. The van der Waals surface area contributed by atoms with Gasteiger partial charge in [-0.2, -0.15) is 0 Å². The normalized spacial score (nSPS) is 20.5. The minimum absolute atomic E-state index is 0.0671. The Hall–Kier alpha value is -1.75. The van der Waals surface area contributed by atoms with Crippen LogP contribution in [0.3, 0.4) is 0 Å². The molecule has 0 unspecified atom stereocenters. The molecule has 1 N–H and O–H groups in total. The quantitative estimate of drug-likeness (QED) is 0.793. The third-order valence-electron chi connectivity index (χ3n) is 3.07. The fraction of sp³-hybridized carbons (Fsp3) is 0.417. The van der Waals surface area contributed by atoms with E-state index in [9.17, 15) is 4.79 Å². The van der Waals surface area contributed by atoms with Crippen molar-refractivity contribution in [2.24, 2.45) is 5.41 Å². The minimum Gasteiger partial charge on any atom is -0.489 e. The van der Waals surface area contributed by atoms with E-state index in [1.807, 2.05) is 0 Å². The first-order chi connectivity index (χ1) is 8.19. The Morgan fingerprint density at radius 1 is 1.12 bits per heavy atom. The number of ether oxygens (including phenoxy) is 3. The summed E-state index contributed by atoms with van der Waals surface area (Å²) in [5, 5.41) is 8.90. The van der Waals surface area contributed by atoms with Gasteiger partial charge in [0.2, 0.25) is 0 Å². The van der Waals surface area contributed by atoms with Gasteiger partial charge in [0, 0.05) is 0 Å². The topological polar surface area (TPSA) is 65.0 Å². The summed E-state index contributed by atoms with van der Waals surface area (Å²) in [7, 11) is 0. The first kappa shape index (κ1) is 10.4. The molecule has 1 aromatic rings. The lowest BCUT2D eigenvalue weighted by Crippen LogP contribution is -2.50. The number of fused-ring (bicyclic) bond motifs is 1. The molecule has 0 aromatic heterocycles. The maximum absolute atomic E-state index is 10.9. The smallest absolute Gasteiger partial charge is 0.335 e. The zero-order valence-corrected chi connectivity index (χ0v) is 9.14. The van der Waals surface area contributed by atoms with Gasteiger partial charge in [-0.1, -0.05) is 0 Å². The zero-order chi connectivity index (χ0) is 11.9. The number of aromatic carboxylic acids is 1. The molecule has 2 heterocycles. The maximum atomic E-state index is 10.9. The summed E-state index contributed by atoms with van der Waals surface area (Å²) >= 11 is 0. The Bertz CT molecular complexity index is 464. The van der Waals surface area contributed by atoms with Gasteiger partial charge in [-0.05, 0) is 18.2 Å². The van der Waals surface area contributed by atoms with Gasteiger partial charge in [-0.15, -0.1) is 0 Å². The molecule has 1 aromatic carbocycles. The van der Waals surface area contributed by atoms with Gasteiger partial charge in [-0.3, -0.25) is 0 Å². The van der Waals surface area contributed by atoms with Crippen LogP contribution >= 0.6 is 0 Å². The van der Waals surface area contributed by atoms with Crippen LogP contribution in [0.5, 0.6) is 11.5 Å². The lowest BCUT2D eigenvalue weighted by molar-refractivity contribution is -0.143. The number of hydrogen-bond donors (Lipinski definition) is 1. The summed E-state index contributed by atoms with van der Waals surface area (Å²) in [6.07, 6.45) is 0. The minimum atomic E-state index is -0.970. The van der Waals surface area contributed by atoms with Gasteiger partial charge < -0.3 is 19.3 Å². The van der Waals surface area contributed by atoms with Crippen molar-refractivity contribution in [1.29, 1.82) is 0 Å². The molecule has 90 valence electrons. The van der Waals surface area contributed by atoms with E-state index in [0.29, 0.717) is 37.9 Å². The summed E-state index contributed by atoms with van der Waals surface area (Å²) in [4.78, 5) is 10.9. The molecule has 5 heteroatoms. The van der Waals surface area contributed by atoms with E-state index < -0.39 is 5.97 Å². The van der Waals surface area contributed by atoms with Crippen LogP contribution in [0.1, 0.15) is 10.4 Å². The van der Waals surface area contributed by atoms with Gasteiger partial charge in [0.1, 0.15) is 13.2 Å². The zero-order valence-electron chi connectivity index (χ0n) is 9.14. The van der Waals surface area contributed by atoms with Crippen LogP contribution in [-0.2, 0) is 4.74 Å². The highest BCUT2D eigenvalue weighted by Crippen LogP contribution is 2.37. The fourth-order valence-electron chi connectivity index (χ4n) is 1.93. The Kier molecular flexibility index (Phi) is 2.22. The molecule has 0 saturated carbocycles. The van der Waals surface area contributed by atoms with Crippen LogP contribution in [0.4, 0.5) is 0 Å². The average Bonchev–Trinajstić information content (AvgIpc) is 2.46. The molecule has 0 bridgehead atoms. The van der Waals surface area contributed by atoms with Gasteiger partial charge in [0.15, 0.2) is 11.5 Å². The van der Waals surface area contributed by atoms with Crippen molar-refractivity contribution in [2.75, 3.05) is 26.4 Å². The molecule has 5 nitrogen and oxygen atoms in total. The van der Waals surface area contributed by atoms with Crippen LogP contribution < -0.4 is 9.47 Å². The Labute approximate surface area is 97.9 Å². The van der Waals surface area contributed by atoms with E-state index >= 15 is 0 Å². The third-order valence-corrected chi connectivity index (χ3v) is 3.07. The largest absolute Gasteiger partial charge is 0.489 e. The van der Waals surface area contributed by atoms with Crippen LogP contribution in [-0.4, -0.2) is 37.5 Å². The van der Waals surface area contributed by atoms with Crippen LogP contribution in [0.15, 0.2) is 18.2 Å². The van der Waals surface area contributed by atoms with E-state index in [1.165, 1.54) is 12.1 Å². The van der Waals surface area contributed by atoms with Crippen LogP contribution in [0.2, 0.25) is 0 Å². The van der Waals surface area contributed by atoms with Gasteiger partial charge in [0.25, 0.3) is 0 Å². The molecular weight excluding hydrogens is 224 g/mol. The predicted octanol–water partition coefficient (Wildman–Crippen LogP) is 1.17. The lowest BCUT2D eigenvalue weighted by atomic mass is 9.88. The van der Waals surface area contributed by atoms with E-state index in [4.69, 9.17) is 19.3 Å². The van der Waals surface area contributed by atoms with Gasteiger partial charge >= 0.3 is 5.97 Å². The van der Waals surface area contributed by atoms with Crippen LogP contribution in [0.25, 0.3) is 0 Å². The summed E-state index contributed by atoms with van der Waals surface area (Å²) in [6.45, 7) is 2.31. The Balaban J connectivity index is 1.88. The first-order valence-corrected chi connectivity index (χ1v) is 5.39. The number of carboxylic acids is 1. The summed E-state index contributed by atoms with van der Waals surface area (Å²) < 4.78 is 16.4. The highest BCUT2D eigenvalue weighted by Gasteiger charge is 2.42. The van der Waals surface area contributed by atoms with Crippen molar-refractivity contribution in [3.63, 3.8) is 0 Å². The van der Waals surface area contributed by atoms with E-state index in [1.54, 1.807) is 6.07 Å². The molecule has 1 saturated heterocycles. The standard InChI is InChI=1S/C12H12O5/c13-11(14)8-1-2-9-10(3-8)17-7-12(6-16-9)4-15-5-12/h1-3H,4-7H2,(H,13,14). The SMILES string of the molecule is O=C(O)c1ccc2c(c1)OCC1(COC1)CO2. The van der Waals surface area contributed by atoms with Crippen molar-refractivity contribution in [2.45, 2.75) is 0 Å². The molecule has 1 fully saturated rings. The molecule has 0 radical (unpaired) electrons. The maximum Gasteiger partial charge on any atom is 0.335 e. The number of benzene rings is 1. The summed E-state index contributed by atoms with van der Waals surface area (Å²) in [5.41, 5.74) is 0.135. The second-order valence-corrected chi connectivity index (χ2v) is 4.54. The second-order valence-electron chi connectivity index (χ2n) is 4.54. The Morgan fingerprint density at radius 2 is 1.82 bits per heavy atom. The lowest BCUT2D eigenvalue weighted by Gasteiger charge is -2.38. The first-order valence-electron chi connectivity index (χ1n) is 5.39. The average molecular weight is 236 g/mol. The summed E-state index contributed by atoms with van der Waals surface area (Å²) in [6, 6.07) is 4.65. The van der Waals surface area contributed by atoms with Crippen molar-refractivity contribution in [1.82, 2.24) is 0 Å². The van der Waals surface area contributed by atoms with Crippen molar-refractivity contribution < 1.29 is 24.1 Å². The predicted molar refractivity (Wildman–Crippen MR) is 57.6 cm³/mol. The molecular formula is C12H12O5. The van der Waals surface area contributed by atoms with E-state index in [-0.39, 0.29) is 11.0 Å². The Morgan fingerprint density at radius 3 is 2.41 bits per heavy atom. The molecule has 1 spiro atoms. The van der Waals surface area contributed by atoms with E-state index in [0.717, 1.165) is 0 Å². The van der Waals surface area contributed by atoms with Crippen molar-refractivity contribution in [3.05, 3.63) is 23.8 Å². The van der Waals surface area contributed by atoms with Crippen molar-refractivity contribution >= 4 is 5.97 Å². The molecule has 3 rings (SSSR count). The monoisotopic (exact) mass is 236 g/mol. The molecule has 0 atom stereocenters. The molecule has 17 heavy (non-hydrogen) atoms.